The van der Waals surface area contributed by atoms with Gasteiger partial charge in [0.05, 0.1) is 25.2 Å². The van der Waals surface area contributed by atoms with Crippen LogP contribution in [0.4, 0.5) is 0 Å². The average molecular weight is 778 g/mol. The van der Waals surface area contributed by atoms with E-state index < -0.39 is 18.2 Å². The van der Waals surface area contributed by atoms with Gasteiger partial charge in [0.1, 0.15) is 6.10 Å². The Kier molecular flexibility index (Phi) is 40.4. The number of carbonyl (C=O) groups is 2. The van der Waals surface area contributed by atoms with Gasteiger partial charge in [0.15, 0.2) is 0 Å². The topological polar surface area (TPSA) is 95.9 Å². The molecule has 6 heteroatoms. The summed E-state index contributed by atoms with van der Waals surface area (Å²) < 4.78 is 5.85. The molecule has 0 aliphatic carbocycles. The second-order valence-corrected chi connectivity index (χ2v) is 14.9. The number of rotatable bonds is 38. The minimum Gasteiger partial charge on any atom is -0.462 e. The van der Waals surface area contributed by atoms with Crippen molar-refractivity contribution < 1.29 is 24.5 Å². The van der Waals surface area contributed by atoms with E-state index in [-0.39, 0.29) is 24.9 Å². The molecule has 6 nitrogen and oxygen atoms in total. The third-order valence-electron chi connectivity index (χ3n) is 9.60. The van der Waals surface area contributed by atoms with Crippen LogP contribution in [0, 0.1) is 0 Å². The number of carbonyl (C=O) groups excluding carboxylic acids is 2. The van der Waals surface area contributed by atoms with Gasteiger partial charge in [-0.15, -0.1) is 0 Å². The maximum atomic E-state index is 13.1. The maximum Gasteiger partial charge on any atom is 0.306 e. The van der Waals surface area contributed by atoms with Crippen molar-refractivity contribution in [1.29, 1.82) is 0 Å². The summed E-state index contributed by atoms with van der Waals surface area (Å²) in [4.78, 5) is 26.0. The fraction of sp³-hybridized carbons (Fsp3) is 0.640. The molecule has 0 heterocycles. The van der Waals surface area contributed by atoms with E-state index in [2.05, 4.69) is 68.6 Å². The van der Waals surface area contributed by atoms with Gasteiger partial charge in [-0.25, -0.2) is 0 Å². The number of unbranched alkanes of at least 4 members (excludes halogenated alkanes) is 16. The van der Waals surface area contributed by atoms with E-state index in [0.717, 1.165) is 83.5 Å². The van der Waals surface area contributed by atoms with Gasteiger partial charge in [-0.1, -0.05) is 208 Å². The number of aliphatic hydroxyl groups excluding tert-OH is 2. The summed E-state index contributed by atoms with van der Waals surface area (Å²) in [6.45, 7) is 6.14. The first-order chi connectivity index (χ1) is 27.5. The molecule has 0 saturated heterocycles. The molecule has 0 aromatic carbocycles. The van der Waals surface area contributed by atoms with Gasteiger partial charge in [-0.05, 0) is 57.8 Å². The monoisotopic (exact) mass is 778 g/mol. The van der Waals surface area contributed by atoms with Crippen molar-refractivity contribution in [3.63, 3.8) is 0 Å². The van der Waals surface area contributed by atoms with Gasteiger partial charge in [-0.2, -0.15) is 0 Å². The molecule has 3 atom stereocenters. The van der Waals surface area contributed by atoms with E-state index >= 15 is 0 Å². The maximum absolute atomic E-state index is 13.1. The average Bonchev–Trinajstić information content (AvgIpc) is 3.19. The number of hydrogen-bond acceptors (Lipinski definition) is 5. The second-order valence-electron chi connectivity index (χ2n) is 14.9. The van der Waals surface area contributed by atoms with Crippen molar-refractivity contribution >= 4 is 11.9 Å². The quantitative estimate of drug-likeness (QED) is 0.0330. The summed E-state index contributed by atoms with van der Waals surface area (Å²) in [5.74, 6) is -0.582. The molecule has 0 bridgehead atoms. The lowest BCUT2D eigenvalue weighted by molar-refractivity contribution is -0.151. The standard InChI is InChI=1S/C50H83NO5/c1-4-7-10-13-16-19-22-23-24-25-28-31-34-37-40-43-50(55)56-46(41-38-35-32-29-26-20-17-14-11-8-5-2)44-49(54)51-47(45-52)48(53)42-39-36-33-30-27-21-18-15-12-9-6-3/h7-8,10-11,13-14,16-17,19-20,22-24,26,29,32,46-48,52-53H,4-6,9,12,15,18,21,25,27-28,30-31,33-45H2,1-3H3,(H,51,54)/b10-7+,11-8+,16-13+,17-14+,22-19+,24-23-,26-20-,32-29-. The van der Waals surface area contributed by atoms with Crippen molar-refractivity contribution in [1.82, 2.24) is 5.32 Å². The van der Waals surface area contributed by atoms with Gasteiger partial charge in [-0.3, -0.25) is 9.59 Å². The van der Waals surface area contributed by atoms with Gasteiger partial charge in [0.25, 0.3) is 0 Å². The number of hydrogen-bond donors (Lipinski definition) is 3. The van der Waals surface area contributed by atoms with Crippen LogP contribution in [-0.4, -0.2) is 46.9 Å². The fourth-order valence-corrected chi connectivity index (χ4v) is 6.22. The number of esters is 1. The third kappa shape index (κ3) is 37.7. The SMILES string of the molecule is CC/C=C/C=C/C=C\C=C/CCCC(CC(=O)NC(CO)C(O)CCCCCCCCCCCCC)OC(=O)CCCCCCC\C=C/C=C/C=C/C=C/CC. The Labute approximate surface area is 344 Å². The second kappa shape index (κ2) is 42.9. The number of amides is 1. The van der Waals surface area contributed by atoms with Crippen LogP contribution >= 0.6 is 0 Å². The minimum absolute atomic E-state index is 0.0159. The smallest absolute Gasteiger partial charge is 0.306 e. The van der Waals surface area contributed by atoms with Crippen LogP contribution in [0.15, 0.2) is 97.2 Å². The summed E-state index contributed by atoms with van der Waals surface area (Å²) in [6, 6.07) is -0.731. The van der Waals surface area contributed by atoms with Crippen LogP contribution in [0.25, 0.3) is 0 Å². The molecule has 56 heavy (non-hydrogen) atoms. The minimum atomic E-state index is -0.813. The molecule has 0 radical (unpaired) electrons. The predicted molar refractivity (Wildman–Crippen MR) is 240 cm³/mol. The van der Waals surface area contributed by atoms with Crippen LogP contribution in [0.3, 0.4) is 0 Å². The Hall–Kier alpha value is -3.22. The highest BCUT2D eigenvalue weighted by Crippen LogP contribution is 2.16. The molecular formula is C50H83NO5. The van der Waals surface area contributed by atoms with Gasteiger partial charge in [0, 0.05) is 6.42 Å². The van der Waals surface area contributed by atoms with Crippen LogP contribution in [0.2, 0.25) is 0 Å². The summed E-state index contributed by atoms with van der Waals surface area (Å²) in [6.07, 6.45) is 56.1. The Balaban J connectivity index is 4.73. The van der Waals surface area contributed by atoms with Crippen molar-refractivity contribution in [2.45, 2.75) is 200 Å². The van der Waals surface area contributed by atoms with Crippen molar-refractivity contribution in [2.24, 2.45) is 0 Å². The molecule has 1 amide bonds. The first-order valence-corrected chi connectivity index (χ1v) is 22.6. The van der Waals surface area contributed by atoms with E-state index in [0.29, 0.717) is 19.3 Å². The Morgan fingerprint density at radius 1 is 0.536 bits per heavy atom. The highest BCUT2D eigenvalue weighted by Gasteiger charge is 2.24. The normalized spacial score (nSPS) is 14.3. The highest BCUT2D eigenvalue weighted by atomic mass is 16.5. The van der Waals surface area contributed by atoms with E-state index in [9.17, 15) is 19.8 Å². The molecule has 0 saturated carbocycles. The molecule has 0 fully saturated rings. The molecule has 0 spiro atoms. The summed E-state index contributed by atoms with van der Waals surface area (Å²) in [5, 5.41) is 23.6. The van der Waals surface area contributed by atoms with Crippen molar-refractivity contribution in [3.8, 4) is 0 Å². The first-order valence-electron chi connectivity index (χ1n) is 22.6. The van der Waals surface area contributed by atoms with E-state index in [1.54, 1.807) is 0 Å². The van der Waals surface area contributed by atoms with Crippen LogP contribution in [-0.2, 0) is 14.3 Å². The summed E-state index contributed by atoms with van der Waals surface area (Å²) in [7, 11) is 0. The lowest BCUT2D eigenvalue weighted by atomic mass is 10.0. The number of nitrogens with one attached hydrogen (secondary N) is 1. The number of aliphatic hydroxyl groups is 2. The molecule has 0 aliphatic heterocycles. The molecular weight excluding hydrogens is 695 g/mol. The molecule has 3 N–H and O–H groups in total. The van der Waals surface area contributed by atoms with Crippen LogP contribution < -0.4 is 5.32 Å². The van der Waals surface area contributed by atoms with Gasteiger partial charge in [0.2, 0.25) is 5.91 Å². The fourth-order valence-electron chi connectivity index (χ4n) is 6.22. The first kappa shape index (κ1) is 52.8. The molecule has 318 valence electrons. The van der Waals surface area contributed by atoms with E-state index in [1.165, 1.54) is 51.4 Å². The van der Waals surface area contributed by atoms with Crippen molar-refractivity contribution in [2.75, 3.05) is 6.61 Å². The predicted octanol–water partition coefficient (Wildman–Crippen LogP) is 13.0. The molecule has 0 rings (SSSR count). The molecule has 0 aliphatic rings. The largest absolute Gasteiger partial charge is 0.462 e. The zero-order valence-corrected chi connectivity index (χ0v) is 36.0. The lowest BCUT2D eigenvalue weighted by Gasteiger charge is -2.24. The van der Waals surface area contributed by atoms with Gasteiger partial charge < -0.3 is 20.3 Å². The van der Waals surface area contributed by atoms with Crippen molar-refractivity contribution in [3.05, 3.63) is 97.2 Å². The molecule has 0 aromatic heterocycles. The lowest BCUT2D eigenvalue weighted by Crippen LogP contribution is -2.46. The zero-order chi connectivity index (χ0) is 41.0. The number of ether oxygens (including phenoxy) is 1. The zero-order valence-electron chi connectivity index (χ0n) is 36.0. The van der Waals surface area contributed by atoms with Gasteiger partial charge >= 0.3 is 5.97 Å². The highest BCUT2D eigenvalue weighted by molar-refractivity contribution is 5.77. The van der Waals surface area contributed by atoms with Crippen LogP contribution in [0.5, 0.6) is 0 Å². The van der Waals surface area contributed by atoms with E-state index in [1.807, 2.05) is 54.7 Å². The Morgan fingerprint density at radius 2 is 0.982 bits per heavy atom. The third-order valence-corrected chi connectivity index (χ3v) is 9.60. The molecule has 0 aromatic rings. The van der Waals surface area contributed by atoms with Crippen LogP contribution in [0.1, 0.15) is 181 Å². The molecule has 3 unspecified atom stereocenters. The van der Waals surface area contributed by atoms with E-state index in [4.69, 9.17) is 4.74 Å². The summed E-state index contributed by atoms with van der Waals surface area (Å²) >= 11 is 0. The Bertz CT molecular complexity index is 1140. The Morgan fingerprint density at radius 3 is 1.50 bits per heavy atom. The number of allylic oxidation sites excluding steroid dienone is 16. The summed E-state index contributed by atoms with van der Waals surface area (Å²) in [5.41, 5.74) is 0.